The van der Waals surface area contributed by atoms with Crippen LogP contribution in [0.15, 0.2) is 21.2 Å². The van der Waals surface area contributed by atoms with E-state index in [-0.39, 0.29) is 5.91 Å². The molecule has 0 saturated carbocycles. The van der Waals surface area contributed by atoms with Crippen molar-refractivity contribution < 1.29 is 9.21 Å². The van der Waals surface area contributed by atoms with Crippen molar-refractivity contribution in [3.63, 3.8) is 0 Å². The summed E-state index contributed by atoms with van der Waals surface area (Å²) in [6.07, 6.45) is 1.88. The van der Waals surface area contributed by atoms with E-state index in [1.54, 1.807) is 10.6 Å². The Morgan fingerprint density at radius 2 is 2.29 bits per heavy atom. The Hall–Kier alpha value is -1.67. The van der Waals surface area contributed by atoms with Crippen molar-refractivity contribution in [1.82, 2.24) is 14.8 Å². The zero-order valence-electron chi connectivity index (χ0n) is 11.5. The van der Waals surface area contributed by atoms with Crippen LogP contribution in [0, 0.1) is 0 Å². The average molecular weight is 369 g/mol. The first-order chi connectivity index (χ1) is 10.1. The molecule has 110 valence electrons. The largest absolute Gasteiger partial charge is 0.448 e. The van der Waals surface area contributed by atoms with E-state index in [9.17, 15) is 4.79 Å². The fourth-order valence-corrected chi connectivity index (χ4v) is 3.31. The van der Waals surface area contributed by atoms with Gasteiger partial charge in [-0.05, 0) is 22.4 Å². The molecule has 3 heterocycles. The second kappa shape index (κ2) is 5.61. The number of hydrogen-bond acceptors (Lipinski definition) is 5. The van der Waals surface area contributed by atoms with E-state index in [0.717, 1.165) is 23.4 Å². The topological polar surface area (TPSA) is 73.0 Å². The molecule has 1 N–H and O–H groups in total. The summed E-state index contributed by atoms with van der Waals surface area (Å²) in [7, 11) is 1.82. The number of nitrogens with zero attached hydrogens (tertiary/aromatic N) is 3. The first kappa shape index (κ1) is 14.3. The SMILES string of the molecule is CCCc1nnc(NC(=O)c2cc3oc(Br)cc3n2C)s1. The summed E-state index contributed by atoms with van der Waals surface area (Å²) in [6, 6.07) is 3.54. The van der Waals surface area contributed by atoms with Crippen molar-refractivity contribution >= 4 is 49.4 Å². The number of aryl methyl sites for hydroxylation is 2. The zero-order chi connectivity index (χ0) is 15.0. The Bertz CT molecular complexity index is 804. The van der Waals surface area contributed by atoms with Crippen LogP contribution in [0.4, 0.5) is 5.13 Å². The van der Waals surface area contributed by atoms with Crippen molar-refractivity contribution in [2.45, 2.75) is 19.8 Å². The third kappa shape index (κ3) is 2.73. The van der Waals surface area contributed by atoms with Gasteiger partial charge in [0.25, 0.3) is 5.91 Å². The number of hydrogen-bond donors (Lipinski definition) is 1. The van der Waals surface area contributed by atoms with Crippen LogP contribution >= 0.6 is 27.3 Å². The molecule has 0 aliphatic rings. The quantitative estimate of drug-likeness (QED) is 0.763. The number of nitrogens with one attached hydrogen (secondary N) is 1. The minimum Gasteiger partial charge on any atom is -0.448 e. The minimum absolute atomic E-state index is 0.223. The standard InChI is InChI=1S/C13H13BrN4O2S/c1-3-4-11-16-17-13(21-11)15-12(19)8-5-9-7(18(8)2)6-10(14)20-9/h5-6H,3-4H2,1-2H3,(H,15,17,19). The third-order valence-corrected chi connectivity index (χ3v) is 4.37. The molecule has 0 spiro atoms. The maximum Gasteiger partial charge on any atom is 0.274 e. The molecule has 0 fully saturated rings. The molecule has 8 heteroatoms. The Morgan fingerprint density at radius 1 is 1.48 bits per heavy atom. The number of carbonyl (C=O) groups is 1. The molecular formula is C13H13BrN4O2S. The molecule has 0 radical (unpaired) electrons. The molecule has 3 aromatic rings. The molecule has 0 aliphatic carbocycles. The van der Waals surface area contributed by atoms with Gasteiger partial charge in [-0.3, -0.25) is 10.1 Å². The van der Waals surface area contributed by atoms with Crippen LogP contribution in [0.5, 0.6) is 0 Å². The average Bonchev–Trinajstić information content (AvgIpc) is 3.08. The summed E-state index contributed by atoms with van der Waals surface area (Å²) in [5, 5.41) is 12.2. The van der Waals surface area contributed by atoms with Crippen molar-refractivity contribution in [3.8, 4) is 0 Å². The molecule has 0 aliphatic heterocycles. The van der Waals surface area contributed by atoms with Gasteiger partial charge in [-0.2, -0.15) is 0 Å². The van der Waals surface area contributed by atoms with E-state index in [1.807, 2.05) is 13.1 Å². The molecule has 0 unspecified atom stereocenters. The number of amides is 1. The van der Waals surface area contributed by atoms with Gasteiger partial charge in [-0.1, -0.05) is 18.3 Å². The van der Waals surface area contributed by atoms with Crippen molar-refractivity contribution in [2.24, 2.45) is 7.05 Å². The van der Waals surface area contributed by atoms with Gasteiger partial charge in [0.1, 0.15) is 10.7 Å². The molecule has 0 aromatic carbocycles. The van der Waals surface area contributed by atoms with E-state index in [2.05, 4.69) is 38.4 Å². The normalized spacial score (nSPS) is 11.2. The second-order valence-corrected chi connectivity index (χ2v) is 6.44. The first-order valence-corrected chi connectivity index (χ1v) is 8.08. The highest BCUT2D eigenvalue weighted by molar-refractivity contribution is 9.10. The summed E-state index contributed by atoms with van der Waals surface area (Å²) in [6.45, 7) is 2.08. The molecule has 0 atom stereocenters. The van der Waals surface area contributed by atoms with E-state index < -0.39 is 0 Å². The smallest absolute Gasteiger partial charge is 0.274 e. The van der Waals surface area contributed by atoms with Crippen LogP contribution in [0.3, 0.4) is 0 Å². The van der Waals surface area contributed by atoms with Gasteiger partial charge in [0.2, 0.25) is 5.13 Å². The molecule has 3 rings (SSSR count). The number of aromatic nitrogens is 3. The van der Waals surface area contributed by atoms with E-state index >= 15 is 0 Å². The zero-order valence-corrected chi connectivity index (χ0v) is 13.9. The summed E-state index contributed by atoms with van der Waals surface area (Å²) >= 11 is 4.68. The number of rotatable bonds is 4. The monoisotopic (exact) mass is 368 g/mol. The van der Waals surface area contributed by atoms with Crippen LogP contribution in [0.25, 0.3) is 11.1 Å². The van der Waals surface area contributed by atoms with Gasteiger partial charge in [0.05, 0.1) is 5.52 Å². The molecule has 6 nitrogen and oxygen atoms in total. The number of fused-ring (bicyclic) bond motifs is 1. The van der Waals surface area contributed by atoms with E-state index in [1.165, 1.54) is 11.3 Å². The Labute approximate surface area is 133 Å². The maximum absolute atomic E-state index is 12.3. The minimum atomic E-state index is -0.223. The summed E-state index contributed by atoms with van der Waals surface area (Å²) in [5.41, 5.74) is 2.04. The fourth-order valence-electron chi connectivity index (χ4n) is 2.08. The number of anilines is 1. The lowest BCUT2D eigenvalue weighted by Crippen LogP contribution is -2.15. The van der Waals surface area contributed by atoms with Crippen LogP contribution in [0.2, 0.25) is 0 Å². The van der Waals surface area contributed by atoms with Gasteiger partial charge < -0.3 is 8.98 Å². The molecular weight excluding hydrogens is 356 g/mol. The Kier molecular flexibility index (Phi) is 3.81. The summed E-state index contributed by atoms with van der Waals surface area (Å²) < 4.78 is 7.88. The van der Waals surface area contributed by atoms with Crippen molar-refractivity contribution in [3.05, 3.63) is 27.5 Å². The van der Waals surface area contributed by atoms with Crippen molar-refractivity contribution in [2.75, 3.05) is 5.32 Å². The van der Waals surface area contributed by atoms with E-state index in [0.29, 0.717) is 21.1 Å². The molecule has 1 amide bonds. The Balaban J connectivity index is 1.82. The number of halogens is 1. The van der Waals surface area contributed by atoms with Gasteiger partial charge in [-0.25, -0.2) is 0 Å². The maximum atomic E-state index is 12.3. The second-order valence-electron chi connectivity index (χ2n) is 4.59. The van der Waals surface area contributed by atoms with Gasteiger partial charge in [-0.15, -0.1) is 10.2 Å². The summed E-state index contributed by atoms with van der Waals surface area (Å²) in [5.74, 6) is -0.223. The lowest BCUT2D eigenvalue weighted by Gasteiger charge is -2.02. The van der Waals surface area contributed by atoms with Gasteiger partial charge in [0.15, 0.2) is 10.3 Å². The van der Waals surface area contributed by atoms with Gasteiger partial charge in [0, 0.05) is 25.6 Å². The van der Waals surface area contributed by atoms with Crippen molar-refractivity contribution in [1.29, 1.82) is 0 Å². The first-order valence-electron chi connectivity index (χ1n) is 6.47. The van der Waals surface area contributed by atoms with Crippen LogP contribution in [-0.4, -0.2) is 20.7 Å². The lowest BCUT2D eigenvalue weighted by atomic mass is 10.4. The highest BCUT2D eigenvalue weighted by atomic mass is 79.9. The molecule has 21 heavy (non-hydrogen) atoms. The molecule has 3 aromatic heterocycles. The van der Waals surface area contributed by atoms with Crippen LogP contribution in [0.1, 0.15) is 28.8 Å². The molecule has 0 saturated heterocycles. The predicted octanol–water partition coefficient (Wildman–Crippen LogP) is 3.59. The number of furan rings is 1. The lowest BCUT2D eigenvalue weighted by molar-refractivity contribution is 0.101. The van der Waals surface area contributed by atoms with Gasteiger partial charge >= 0.3 is 0 Å². The van der Waals surface area contributed by atoms with Crippen LogP contribution < -0.4 is 5.32 Å². The summed E-state index contributed by atoms with van der Waals surface area (Å²) in [4.78, 5) is 12.3. The third-order valence-electron chi connectivity index (χ3n) is 3.08. The number of carbonyl (C=O) groups excluding carboxylic acids is 1. The van der Waals surface area contributed by atoms with Crippen LogP contribution in [-0.2, 0) is 13.5 Å². The highest BCUT2D eigenvalue weighted by Crippen LogP contribution is 2.26. The molecule has 0 bridgehead atoms. The van der Waals surface area contributed by atoms with E-state index in [4.69, 9.17) is 4.42 Å². The fraction of sp³-hybridized carbons (Fsp3) is 0.308. The Morgan fingerprint density at radius 3 is 3.00 bits per heavy atom. The highest BCUT2D eigenvalue weighted by Gasteiger charge is 2.17. The predicted molar refractivity (Wildman–Crippen MR) is 84.7 cm³/mol.